The van der Waals surface area contributed by atoms with E-state index in [1.807, 2.05) is 0 Å². The van der Waals surface area contributed by atoms with E-state index in [-0.39, 0.29) is 7.92 Å². The second-order valence-corrected chi connectivity index (χ2v) is 7.53. The summed E-state index contributed by atoms with van der Waals surface area (Å²) in [5.41, 5.74) is 0. The van der Waals surface area contributed by atoms with Crippen molar-refractivity contribution in [1.82, 2.24) is 0 Å². The molecule has 0 bridgehead atoms. The first-order valence-electron chi connectivity index (χ1n) is 7.71. The second kappa shape index (κ2) is 10.3. The van der Waals surface area contributed by atoms with Crippen LogP contribution in [0.4, 0.5) is 0 Å². The van der Waals surface area contributed by atoms with Crippen molar-refractivity contribution in [3.05, 3.63) is 24.3 Å². The van der Waals surface area contributed by atoms with E-state index in [4.69, 9.17) is 4.74 Å². The van der Waals surface area contributed by atoms with Gasteiger partial charge in [0.1, 0.15) is 5.75 Å². The van der Waals surface area contributed by atoms with E-state index in [2.05, 4.69) is 38.1 Å². The van der Waals surface area contributed by atoms with Crippen LogP contribution in [-0.4, -0.2) is 19.4 Å². The maximum atomic E-state index is 5.56. The monoisotopic (exact) mass is 280 g/mol. The van der Waals surface area contributed by atoms with Crippen LogP contribution in [0.15, 0.2) is 24.3 Å². The number of hydrogen-bond donors (Lipinski definition) is 0. The zero-order chi connectivity index (χ0) is 13.9. The summed E-state index contributed by atoms with van der Waals surface area (Å²) in [6.07, 6.45) is 10.8. The maximum absolute atomic E-state index is 5.56. The van der Waals surface area contributed by atoms with Crippen molar-refractivity contribution in [1.29, 1.82) is 0 Å². The van der Waals surface area contributed by atoms with Gasteiger partial charge in [-0.2, -0.15) is 0 Å². The lowest BCUT2D eigenvalue weighted by Gasteiger charge is -2.20. The van der Waals surface area contributed by atoms with Gasteiger partial charge in [-0.3, -0.25) is 0 Å². The molecule has 108 valence electrons. The summed E-state index contributed by atoms with van der Waals surface area (Å²) in [5, 5.41) is 1.48. The van der Waals surface area contributed by atoms with Gasteiger partial charge in [-0.1, -0.05) is 65.7 Å². The first-order valence-corrected chi connectivity index (χ1v) is 9.42. The van der Waals surface area contributed by atoms with Gasteiger partial charge >= 0.3 is 0 Å². The van der Waals surface area contributed by atoms with Crippen molar-refractivity contribution in [2.24, 2.45) is 0 Å². The molecule has 1 rings (SSSR count). The van der Waals surface area contributed by atoms with Crippen LogP contribution in [0.3, 0.4) is 0 Å². The largest absolute Gasteiger partial charge is 0.496 e. The number of hydrogen-bond acceptors (Lipinski definition) is 1. The third-order valence-electron chi connectivity index (χ3n) is 3.49. The molecule has 0 aliphatic rings. The molecule has 0 saturated heterocycles. The highest BCUT2D eigenvalue weighted by Crippen LogP contribution is 2.40. The fourth-order valence-electron chi connectivity index (χ4n) is 2.35. The van der Waals surface area contributed by atoms with Gasteiger partial charge in [0.2, 0.25) is 0 Å². The van der Waals surface area contributed by atoms with Crippen LogP contribution >= 0.6 is 7.92 Å². The third kappa shape index (κ3) is 5.95. The van der Waals surface area contributed by atoms with Gasteiger partial charge in [0.25, 0.3) is 0 Å². The molecule has 1 nitrogen and oxygen atoms in total. The number of ether oxygens (including phenoxy) is 1. The van der Waals surface area contributed by atoms with E-state index >= 15 is 0 Å². The predicted octanol–water partition coefficient (Wildman–Crippen LogP) is 5.18. The Labute approximate surface area is 120 Å². The number of methoxy groups -OCH3 is 1. The molecule has 0 atom stereocenters. The van der Waals surface area contributed by atoms with Crippen molar-refractivity contribution in [2.45, 2.75) is 52.4 Å². The van der Waals surface area contributed by atoms with Gasteiger partial charge in [-0.25, -0.2) is 0 Å². The van der Waals surface area contributed by atoms with E-state index in [9.17, 15) is 0 Å². The molecule has 1 aromatic rings. The van der Waals surface area contributed by atoms with Gasteiger partial charge in [-0.05, 0) is 31.2 Å². The molecule has 1 aromatic carbocycles. The molecule has 0 radical (unpaired) electrons. The summed E-state index contributed by atoms with van der Waals surface area (Å²) in [6, 6.07) is 8.63. The van der Waals surface area contributed by atoms with E-state index in [0.29, 0.717) is 0 Å². The molecule has 19 heavy (non-hydrogen) atoms. The average Bonchev–Trinajstić information content (AvgIpc) is 2.46. The Bertz CT molecular complexity index is 328. The van der Waals surface area contributed by atoms with Crippen molar-refractivity contribution in [2.75, 3.05) is 19.4 Å². The molecule has 0 aromatic heterocycles. The Morgan fingerprint density at radius 2 is 1.47 bits per heavy atom. The first kappa shape index (κ1) is 16.5. The molecule has 0 fully saturated rings. The molecule has 2 heteroatoms. The number of unbranched alkanes of at least 4 members (excludes halogenated alkanes) is 4. The third-order valence-corrected chi connectivity index (χ3v) is 6.25. The van der Waals surface area contributed by atoms with Crippen LogP contribution in [0.25, 0.3) is 0 Å². The minimum Gasteiger partial charge on any atom is -0.496 e. The summed E-state index contributed by atoms with van der Waals surface area (Å²) < 4.78 is 5.56. The molecule has 0 unspecified atom stereocenters. The average molecular weight is 280 g/mol. The van der Waals surface area contributed by atoms with Crippen molar-refractivity contribution < 1.29 is 4.74 Å². The topological polar surface area (TPSA) is 9.23 Å². The normalized spacial score (nSPS) is 10.9. The highest BCUT2D eigenvalue weighted by Gasteiger charge is 2.14. The molecule has 0 aliphatic carbocycles. The molecule has 0 spiro atoms. The molecular formula is C17H29OP. The van der Waals surface area contributed by atoms with Crippen molar-refractivity contribution >= 4 is 13.2 Å². The van der Waals surface area contributed by atoms with Gasteiger partial charge in [-0.15, -0.1) is 0 Å². The van der Waals surface area contributed by atoms with Crippen LogP contribution in [0.2, 0.25) is 0 Å². The van der Waals surface area contributed by atoms with Crippen LogP contribution in [0, 0.1) is 0 Å². The highest BCUT2D eigenvalue weighted by molar-refractivity contribution is 7.65. The number of para-hydroxylation sites is 1. The Morgan fingerprint density at radius 3 is 2.00 bits per heavy atom. The second-order valence-electron chi connectivity index (χ2n) is 5.07. The Balaban J connectivity index is 2.69. The highest BCUT2D eigenvalue weighted by atomic mass is 31.1. The maximum Gasteiger partial charge on any atom is 0.126 e. The smallest absolute Gasteiger partial charge is 0.126 e. The SMILES string of the molecule is CCCCCP(CCCCC)c1ccccc1OC. The molecule has 0 heterocycles. The summed E-state index contributed by atoms with van der Waals surface area (Å²) in [5.74, 6) is 1.10. The summed E-state index contributed by atoms with van der Waals surface area (Å²) >= 11 is 0. The van der Waals surface area contributed by atoms with E-state index in [0.717, 1.165) is 5.75 Å². The molecule has 0 N–H and O–H groups in total. The minimum atomic E-state index is -0.0306. The molecular weight excluding hydrogens is 251 g/mol. The molecule has 0 aliphatic heterocycles. The van der Waals surface area contributed by atoms with Crippen molar-refractivity contribution in [3.8, 4) is 5.75 Å². The lowest BCUT2D eigenvalue weighted by Crippen LogP contribution is -2.10. The van der Waals surface area contributed by atoms with Crippen LogP contribution in [-0.2, 0) is 0 Å². The Hall–Kier alpha value is -0.550. The number of rotatable bonds is 10. The van der Waals surface area contributed by atoms with Gasteiger partial charge in [0.05, 0.1) is 7.11 Å². The van der Waals surface area contributed by atoms with Crippen LogP contribution < -0.4 is 10.0 Å². The van der Waals surface area contributed by atoms with Gasteiger partial charge in [0.15, 0.2) is 0 Å². The van der Waals surface area contributed by atoms with E-state index < -0.39 is 0 Å². The lowest BCUT2D eigenvalue weighted by atomic mass is 10.3. The summed E-state index contributed by atoms with van der Waals surface area (Å²) in [4.78, 5) is 0. The molecule has 0 amide bonds. The minimum absolute atomic E-state index is 0.0306. The fraction of sp³-hybridized carbons (Fsp3) is 0.647. The fourth-order valence-corrected chi connectivity index (χ4v) is 5.04. The zero-order valence-electron chi connectivity index (χ0n) is 12.8. The van der Waals surface area contributed by atoms with Crippen LogP contribution in [0.5, 0.6) is 5.75 Å². The van der Waals surface area contributed by atoms with E-state index in [1.165, 1.54) is 56.2 Å². The Kier molecular flexibility index (Phi) is 8.91. The number of benzene rings is 1. The van der Waals surface area contributed by atoms with E-state index in [1.54, 1.807) is 7.11 Å². The lowest BCUT2D eigenvalue weighted by molar-refractivity contribution is 0.418. The van der Waals surface area contributed by atoms with Crippen molar-refractivity contribution in [3.63, 3.8) is 0 Å². The quantitative estimate of drug-likeness (QED) is 0.423. The first-order chi connectivity index (χ1) is 9.33. The summed E-state index contributed by atoms with van der Waals surface area (Å²) in [7, 11) is 1.77. The Morgan fingerprint density at radius 1 is 0.895 bits per heavy atom. The predicted molar refractivity (Wildman–Crippen MR) is 88.3 cm³/mol. The standard InChI is InChI=1S/C17H29OP/c1-4-6-10-14-19(15-11-7-5-2)17-13-9-8-12-16(17)18-3/h8-9,12-13H,4-7,10-11,14-15H2,1-3H3. The zero-order valence-corrected chi connectivity index (χ0v) is 13.7. The molecule has 0 saturated carbocycles. The summed E-state index contributed by atoms with van der Waals surface area (Å²) in [6.45, 7) is 4.56. The van der Waals surface area contributed by atoms with Gasteiger partial charge < -0.3 is 4.74 Å². The van der Waals surface area contributed by atoms with Gasteiger partial charge in [0, 0.05) is 5.30 Å². The van der Waals surface area contributed by atoms with Crippen LogP contribution in [0.1, 0.15) is 52.4 Å².